The molecule has 1 heterocycles. The third kappa shape index (κ3) is 3.09. The number of hydrazone groups is 1. The summed E-state index contributed by atoms with van der Waals surface area (Å²) in [6.45, 7) is 5.31. The summed E-state index contributed by atoms with van der Waals surface area (Å²) in [6.07, 6.45) is -0.0947. The zero-order chi connectivity index (χ0) is 17.4. The third-order valence-electron chi connectivity index (χ3n) is 3.89. The lowest BCUT2D eigenvalue weighted by molar-refractivity contribution is -0.144. The zero-order valence-electron chi connectivity index (χ0n) is 13.5. The predicted octanol–water partition coefficient (Wildman–Crippen LogP) is 2.45. The van der Waals surface area contributed by atoms with Gasteiger partial charge in [-0.3, -0.25) is 4.79 Å². The van der Waals surface area contributed by atoms with Crippen molar-refractivity contribution < 1.29 is 19.4 Å². The van der Waals surface area contributed by atoms with Gasteiger partial charge in [0.1, 0.15) is 0 Å². The quantitative estimate of drug-likeness (QED) is 0.840. The molecule has 0 radical (unpaired) electrons. The number of methoxy groups -OCH3 is 1. The topological polar surface area (TPSA) is 79.2 Å². The summed E-state index contributed by atoms with van der Waals surface area (Å²) >= 11 is 5.83. The van der Waals surface area contributed by atoms with Crippen LogP contribution in [0.15, 0.2) is 29.4 Å². The van der Waals surface area contributed by atoms with E-state index in [1.54, 1.807) is 45.0 Å². The van der Waals surface area contributed by atoms with Crippen molar-refractivity contribution in [2.45, 2.75) is 32.9 Å². The maximum Gasteiger partial charge on any atom is 0.354 e. The monoisotopic (exact) mass is 338 g/mol. The molecule has 1 aromatic rings. The van der Waals surface area contributed by atoms with E-state index in [-0.39, 0.29) is 12.1 Å². The zero-order valence-corrected chi connectivity index (χ0v) is 14.2. The summed E-state index contributed by atoms with van der Waals surface area (Å²) in [4.78, 5) is 24.5. The van der Waals surface area contributed by atoms with Crippen molar-refractivity contribution >= 4 is 29.2 Å². The molecule has 0 saturated heterocycles. The normalized spacial score (nSPS) is 21.1. The van der Waals surface area contributed by atoms with Crippen molar-refractivity contribution in [1.82, 2.24) is 5.01 Å². The lowest BCUT2D eigenvalue weighted by atomic mass is 9.80. The van der Waals surface area contributed by atoms with Gasteiger partial charge in [0.2, 0.25) is 0 Å². The molecule has 1 N–H and O–H groups in total. The van der Waals surface area contributed by atoms with E-state index >= 15 is 0 Å². The number of aliphatic hydroxyl groups is 1. The van der Waals surface area contributed by atoms with E-state index in [0.717, 1.165) is 5.01 Å². The first-order chi connectivity index (χ1) is 10.6. The lowest BCUT2D eigenvalue weighted by Crippen LogP contribution is -2.55. The van der Waals surface area contributed by atoms with Gasteiger partial charge in [-0.25, -0.2) is 4.79 Å². The Morgan fingerprint density at radius 2 is 1.87 bits per heavy atom. The second-order valence-electron chi connectivity index (χ2n) is 6.41. The molecular formula is C16H19ClN2O4. The van der Waals surface area contributed by atoms with E-state index in [9.17, 15) is 14.7 Å². The van der Waals surface area contributed by atoms with Gasteiger partial charge in [0, 0.05) is 22.4 Å². The number of benzene rings is 1. The standard InChI is InChI=1S/C16H19ClN2O4/c1-15(2,3)16(22)9-12(14(21)23-4)18-19(16)13(20)10-5-7-11(17)8-6-10/h5-8,22H,9H2,1-4H3/t16-/m1/s1. The second-order valence-corrected chi connectivity index (χ2v) is 6.84. The molecular weight excluding hydrogens is 320 g/mol. The Kier molecular flexibility index (Phi) is 4.50. The van der Waals surface area contributed by atoms with Gasteiger partial charge in [0.25, 0.3) is 5.91 Å². The minimum absolute atomic E-state index is 0.00670. The first-order valence-electron chi connectivity index (χ1n) is 7.08. The number of nitrogens with zero attached hydrogens (tertiary/aromatic N) is 2. The lowest BCUT2D eigenvalue weighted by Gasteiger charge is -2.41. The van der Waals surface area contributed by atoms with Crippen LogP contribution in [0, 0.1) is 5.41 Å². The molecule has 0 saturated carbocycles. The van der Waals surface area contributed by atoms with Crippen LogP contribution in [-0.4, -0.2) is 40.5 Å². The molecule has 1 aliphatic rings. The average molecular weight is 339 g/mol. The fourth-order valence-corrected chi connectivity index (χ4v) is 2.41. The molecule has 0 aromatic heterocycles. The van der Waals surface area contributed by atoms with Crippen LogP contribution in [0.2, 0.25) is 5.02 Å². The summed E-state index contributed by atoms with van der Waals surface area (Å²) in [5, 5.41) is 16.5. The van der Waals surface area contributed by atoms with Crippen LogP contribution in [0.4, 0.5) is 0 Å². The maximum atomic E-state index is 12.7. The van der Waals surface area contributed by atoms with Crippen LogP contribution in [0.5, 0.6) is 0 Å². The van der Waals surface area contributed by atoms with Gasteiger partial charge < -0.3 is 9.84 Å². The number of ether oxygens (including phenoxy) is 1. The van der Waals surface area contributed by atoms with E-state index in [0.29, 0.717) is 10.6 Å². The minimum atomic E-state index is -1.63. The highest BCUT2D eigenvalue weighted by Gasteiger charge is 2.54. The van der Waals surface area contributed by atoms with E-state index in [1.165, 1.54) is 7.11 Å². The van der Waals surface area contributed by atoms with Crippen LogP contribution in [0.25, 0.3) is 0 Å². The SMILES string of the molecule is COC(=O)C1=NN(C(=O)c2ccc(Cl)cc2)[C@](O)(C(C)(C)C)C1. The molecule has 0 fully saturated rings. The van der Waals surface area contributed by atoms with Crippen molar-refractivity contribution in [2.24, 2.45) is 10.5 Å². The Hall–Kier alpha value is -1.92. The summed E-state index contributed by atoms with van der Waals surface area (Å²) in [7, 11) is 1.23. The largest absolute Gasteiger partial charge is 0.464 e. The highest BCUT2D eigenvalue weighted by Crippen LogP contribution is 2.41. The van der Waals surface area contributed by atoms with Crippen molar-refractivity contribution in [3.8, 4) is 0 Å². The molecule has 1 amide bonds. The highest BCUT2D eigenvalue weighted by molar-refractivity contribution is 6.37. The smallest absolute Gasteiger partial charge is 0.354 e. The fraction of sp³-hybridized carbons (Fsp3) is 0.438. The fourth-order valence-electron chi connectivity index (χ4n) is 2.29. The number of amides is 1. The van der Waals surface area contributed by atoms with E-state index < -0.39 is 23.0 Å². The van der Waals surface area contributed by atoms with Crippen LogP contribution in [0.1, 0.15) is 37.6 Å². The van der Waals surface area contributed by atoms with Crippen LogP contribution in [-0.2, 0) is 9.53 Å². The number of hydrogen-bond donors (Lipinski definition) is 1. The Bertz CT molecular complexity index is 664. The predicted molar refractivity (Wildman–Crippen MR) is 86.1 cm³/mol. The number of carbonyl (C=O) groups is 2. The van der Waals surface area contributed by atoms with Crippen molar-refractivity contribution in [2.75, 3.05) is 7.11 Å². The number of carbonyl (C=O) groups excluding carboxylic acids is 2. The number of esters is 1. The molecule has 7 heteroatoms. The molecule has 1 aromatic carbocycles. The molecule has 0 aliphatic carbocycles. The summed E-state index contributed by atoms with van der Waals surface area (Å²) in [5.41, 5.74) is -2.04. The summed E-state index contributed by atoms with van der Waals surface area (Å²) in [6, 6.07) is 6.23. The molecule has 124 valence electrons. The second kappa shape index (κ2) is 5.94. The Morgan fingerprint density at radius 1 is 1.30 bits per heavy atom. The minimum Gasteiger partial charge on any atom is -0.464 e. The van der Waals surface area contributed by atoms with Gasteiger partial charge in [0.05, 0.1) is 7.11 Å². The molecule has 0 bridgehead atoms. The molecule has 1 atom stereocenters. The first-order valence-corrected chi connectivity index (χ1v) is 7.46. The molecule has 23 heavy (non-hydrogen) atoms. The Balaban J connectivity index is 2.45. The number of rotatable bonds is 2. The molecule has 0 spiro atoms. The molecule has 1 aliphatic heterocycles. The Labute approximate surface area is 139 Å². The Morgan fingerprint density at radius 3 is 2.35 bits per heavy atom. The van der Waals surface area contributed by atoms with Gasteiger partial charge in [0.15, 0.2) is 11.4 Å². The van der Waals surface area contributed by atoms with Crippen LogP contribution < -0.4 is 0 Å². The third-order valence-corrected chi connectivity index (χ3v) is 4.14. The van der Waals surface area contributed by atoms with Gasteiger partial charge in [-0.15, -0.1) is 0 Å². The van der Waals surface area contributed by atoms with Crippen molar-refractivity contribution in [3.63, 3.8) is 0 Å². The van der Waals surface area contributed by atoms with Crippen LogP contribution in [0.3, 0.4) is 0 Å². The van der Waals surface area contributed by atoms with Crippen molar-refractivity contribution in [1.29, 1.82) is 0 Å². The molecule has 0 unspecified atom stereocenters. The molecule has 6 nitrogen and oxygen atoms in total. The number of halogens is 1. The van der Waals surface area contributed by atoms with E-state index in [2.05, 4.69) is 9.84 Å². The highest BCUT2D eigenvalue weighted by atomic mass is 35.5. The first kappa shape index (κ1) is 17.4. The van der Waals surface area contributed by atoms with Crippen LogP contribution >= 0.6 is 11.6 Å². The average Bonchev–Trinajstić information content (AvgIpc) is 2.85. The van der Waals surface area contributed by atoms with Crippen molar-refractivity contribution in [3.05, 3.63) is 34.9 Å². The molecule has 2 rings (SSSR count). The van der Waals surface area contributed by atoms with E-state index in [1.807, 2.05) is 0 Å². The van der Waals surface area contributed by atoms with Gasteiger partial charge in [-0.2, -0.15) is 10.1 Å². The van der Waals surface area contributed by atoms with Gasteiger partial charge >= 0.3 is 5.97 Å². The summed E-state index contributed by atoms with van der Waals surface area (Å²) < 4.78 is 4.65. The number of hydrogen-bond acceptors (Lipinski definition) is 5. The summed E-state index contributed by atoms with van der Waals surface area (Å²) in [5.74, 6) is -1.18. The van der Waals surface area contributed by atoms with Gasteiger partial charge in [-0.05, 0) is 24.3 Å². The van der Waals surface area contributed by atoms with E-state index in [4.69, 9.17) is 11.6 Å². The maximum absolute atomic E-state index is 12.7. The van der Waals surface area contributed by atoms with Gasteiger partial charge in [-0.1, -0.05) is 32.4 Å².